The van der Waals surface area contributed by atoms with Gasteiger partial charge >= 0.3 is 0 Å². The Kier molecular flexibility index (Phi) is 3.96. The molecule has 3 nitrogen and oxygen atoms in total. The molecular weight excluding hydrogens is 350 g/mol. The number of hydrogen-bond donors (Lipinski definition) is 0. The van der Waals surface area contributed by atoms with Crippen molar-refractivity contribution in [3.05, 3.63) is 101 Å². The van der Waals surface area contributed by atoms with Gasteiger partial charge in [0.2, 0.25) is 0 Å². The summed E-state index contributed by atoms with van der Waals surface area (Å²) in [5.74, 6) is 0.718. The molecule has 0 N–H and O–H groups in total. The van der Waals surface area contributed by atoms with Gasteiger partial charge < -0.3 is 0 Å². The maximum Gasteiger partial charge on any atom is 0.180 e. The van der Waals surface area contributed by atoms with E-state index in [2.05, 4.69) is 47.2 Å². The van der Waals surface area contributed by atoms with E-state index in [1.165, 1.54) is 11.1 Å². The lowest BCUT2D eigenvalue weighted by Crippen LogP contribution is -2.25. The van der Waals surface area contributed by atoms with Crippen LogP contribution in [0, 0.1) is 0 Å². The van der Waals surface area contributed by atoms with Gasteiger partial charge in [-0.2, -0.15) is 11.3 Å². The first kappa shape index (κ1) is 15.9. The molecule has 0 amide bonds. The fourth-order valence-corrected chi connectivity index (χ4v) is 3.82. The van der Waals surface area contributed by atoms with E-state index < -0.39 is 0 Å². The molecule has 27 heavy (non-hydrogen) atoms. The zero-order valence-electron chi connectivity index (χ0n) is 14.5. The van der Waals surface area contributed by atoms with Crippen molar-refractivity contribution in [2.75, 3.05) is 5.01 Å². The molecule has 0 saturated heterocycles. The van der Waals surface area contributed by atoms with E-state index in [0.29, 0.717) is 0 Å². The van der Waals surface area contributed by atoms with E-state index in [9.17, 15) is 0 Å². The molecule has 2 heterocycles. The van der Waals surface area contributed by atoms with Gasteiger partial charge in [-0.15, -0.1) is 5.10 Å². The number of para-hydroxylation sites is 1. The van der Waals surface area contributed by atoms with Gasteiger partial charge in [0.25, 0.3) is 0 Å². The van der Waals surface area contributed by atoms with Crippen LogP contribution in [0.2, 0.25) is 0 Å². The van der Waals surface area contributed by atoms with Crippen molar-refractivity contribution in [1.29, 1.82) is 0 Å². The predicted molar refractivity (Wildman–Crippen MR) is 113 cm³/mol. The summed E-state index contributed by atoms with van der Waals surface area (Å²) in [6.07, 6.45) is 0. The van der Waals surface area contributed by atoms with E-state index in [1.54, 1.807) is 11.3 Å². The highest BCUT2D eigenvalue weighted by Gasteiger charge is 2.23. The van der Waals surface area contributed by atoms with Crippen LogP contribution in [0.5, 0.6) is 0 Å². The lowest BCUT2D eigenvalue weighted by molar-refractivity contribution is 1.01. The monoisotopic (exact) mass is 366 g/mol. The van der Waals surface area contributed by atoms with Crippen LogP contribution >= 0.6 is 11.3 Å². The van der Waals surface area contributed by atoms with Gasteiger partial charge in [0.05, 0.1) is 17.1 Å². The van der Waals surface area contributed by atoms with Crippen LogP contribution in [0.15, 0.2) is 101 Å². The summed E-state index contributed by atoms with van der Waals surface area (Å²) >= 11 is 1.70. The third-order valence-corrected chi connectivity index (χ3v) is 5.20. The highest BCUT2D eigenvalue weighted by molar-refractivity contribution is 7.08. The van der Waals surface area contributed by atoms with Gasteiger partial charge in [-0.1, -0.05) is 54.6 Å². The van der Waals surface area contributed by atoms with Crippen LogP contribution < -0.4 is 10.3 Å². The first-order valence-electron chi connectivity index (χ1n) is 8.76. The Bertz CT molecular complexity index is 1090. The summed E-state index contributed by atoms with van der Waals surface area (Å²) in [4.78, 5) is 0. The van der Waals surface area contributed by atoms with Crippen LogP contribution in [0.4, 0.5) is 17.1 Å². The van der Waals surface area contributed by atoms with Crippen molar-refractivity contribution in [2.45, 2.75) is 0 Å². The Morgan fingerprint density at radius 2 is 1.48 bits per heavy atom. The average Bonchev–Trinajstić information content (AvgIpc) is 3.29. The topological polar surface area (TPSA) is 29.7 Å². The van der Waals surface area contributed by atoms with E-state index in [-0.39, 0.29) is 0 Å². The van der Waals surface area contributed by atoms with Crippen molar-refractivity contribution < 1.29 is 0 Å². The van der Waals surface area contributed by atoms with Crippen molar-refractivity contribution in [3.63, 3.8) is 0 Å². The Hall–Kier alpha value is -3.37. The fraction of sp³-hybridized carbons (Fsp3) is 0. The molecule has 0 atom stereocenters. The lowest BCUT2D eigenvalue weighted by Gasteiger charge is -2.28. The number of anilines is 2. The summed E-state index contributed by atoms with van der Waals surface area (Å²) in [7, 11) is 0. The molecule has 129 valence electrons. The maximum absolute atomic E-state index is 4.87. The minimum atomic E-state index is 0.718. The van der Waals surface area contributed by atoms with Crippen LogP contribution in [-0.4, -0.2) is 5.84 Å². The van der Waals surface area contributed by atoms with Crippen molar-refractivity contribution in [2.24, 2.45) is 5.10 Å². The Morgan fingerprint density at radius 3 is 2.22 bits per heavy atom. The normalized spacial score (nSPS) is 12.9. The quantitative estimate of drug-likeness (QED) is 0.427. The molecule has 3 aromatic carbocycles. The van der Waals surface area contributed by atoms with Crippen molar-refractivity contribution >= 4 is 34.2 Å². The second kappa shape index (κ2) is 6.74. The lowest BCUT2D eigenvalue weighted by atomic mass is 10.1. The smallest absolute Gasteiger partial charge is 0.180 e. The molecule has 4 aromatic rings. The summed E-state index contributed by atoms with van der Waals surface area (Å²) < 4.78 is 0. The van der Waals surface area contributed by atoms with Gasteiger partial charge in [0, 0.05) is 5.56 Å². The first-order valence-corrected chi connectivity index (χ1v) is 9.70. The Labute approximate surface area is 162 Å². The minimum Gasteiger partial charge on any atom is -0.229 e. The minimum absolute atomic E-state index is 0.718. The number of rotatable bonds is 3. The Morgan fingerprint density at radius 1 is 0.704 bits per heavy atom. The summed E-state index contributed by atoms with van der Waals surface area (Å²) in [5.41, 5.74) is 6.32. The van der Waals surface area contributed by atoms with E-state index in [1.807, 2.05) is 53.5 Å². The molecule has 1 aromatic heterocycles. The van der Waals surface area contributed by atoms with Gasteiger partial charge in [0.15, 0.2) is 5.84 Å². The maximum atomic E-state index is 4.87. The number of hydrazone groups is 1. The van der Waals surface area contributed by atoms with Crippen molar-refractivity contribution in [1.82, 2.24) is 5.32 Å². The molecule has 0 aliphatic carbocycles. The molecule has 0 spiro atoms. The summed E-state index contributed by atoms with van der Waals surface area (Å²) in [6, 6.07) is 28.8. The molecule has 1 aliphatic rings. The van der Waals surface area contributed by atoms with Crippen molar-refractivity contribution in [3.8, 4) is 11.1 Å². The molecule has 0 unspecified atom stereocenters. The Balaban J connectivity index is 1.65. The number of amidine groups is 1. The largest absolute Gasteiger partial charge is 0.229 e. The average molecular weight is 366 g/mol. The zero-order valence-corrected chi connectivity index (χ0v) is 15.3. The molecule has 1 aliphatic heterocycles. The van der Waals surface area contributed by atoms with Gasteiger partial charge in [-0.05, 0) is 52.2 Å². The molecule has 5 rings (SSSR count). The predicted octanol–water partition coefficient (Wildman–Crippen LogP) is 6.16. The summed E-state index contributed by atoms with van der Waals surface area (Å²) in [6.45, 7) is 0. The van der Waals surface area contributed by atoms with Gasteiger partial charge in [-0.25, -0.2) is 10.3 Å². The highest BCUT2D eigenvalue weighted by Crippen LogP contribution is 2.39. The second-order valence-electron chi connectivity index (χ2n) is 6.26. The molecule has 4 heteroatoms. The number of fused-ring (bicyclic) bond motifs is 1. The first-order chi connectivity index (χ1) is 13.4. The molecule has 1 radical (unpaired) electrons. The second-order valence-corrected chi connectivity index (χ2v) is 7.04. The highest BCUT2D eigenvalue weighted by atomic mass is 32.1. The van der Waals surface area contributed by atoms with E-state index in [4.69, 9.17) is 10.4 Å². The van der Waals surface area contributed by atoms with Gasteiger partial charge in [0.1, 0.15) is 0 Å². The zero-order chi connectivity index (χ0) is 18.1. The van der Waals surface area contributed by atoms with Crippen LogP contribution in [0.3, 0.4) is 0 Å². The van der Waals surface area contributed by atoms with Crippen LogP contribution in [0.1, 0.15) is 5.56 Å². The van der Waals surface area contributed by atoms with E-state index >= 15 is 0 Å². The third-order valence-electron chi connectivity index (χ3n) is 4.51. The van der Waals surface area contributed by atoms with E-state index in [0.717, 1.165) is 28.5 Å². The fourth-order valence-electron chi connectivity index (χ4n) is 3.16. The molecule has 0 bridgehead atoms. The van der Waals surface area contributed by atoms with Gasteiger partial charge in [-0.3, -0.25) is 0 Å². The third kappa shape index (κ3) is 3.00. The number of nitrogens with zero attached hydrogens (tertiary/aromatic N) is 3. The summed E-state index contributed by atoms with van der Waals surface area (Å²) in [5, 5.41) is 15.9. The SMILES string of the molecule is c1ccc(C2=NN(c3ccccc3)c3cc(-c4ccsc4)ccc3[N]2)cc1. The molecule has 0 saturated carbocycles. The molecule has 0 fully saturated rings. The molecular formula is C23H16N3S. The van der Waals surface area contributed by atoms with Crippen LogP contribution in [-0.2, 0) is 0 Å². The standard InChI is InChI=1S/C23H16N3S/c1-3-7-17(8-4-1)23-24-21-12-11-18(19-13-14-27-16-19)15-22(21)26(25-23)20-9-5-2-6-10-20/h1-16H. The number of thiophene rings is 1. The number of hydrogen-bond acceptors (Lipinski definition) is 3. The van der Waals surface area contributed by atoms with Crippen LogP contribution in [0.25, 0.3) is 11.1 Å². The number of benzene rings is 3.